The summed E-state index contributed by atoms with van der Waals surface area (Å²) in [5.74, 6) is -0.0428. The molecule has 2 aliphatic rings. The third-order valence-corrected chi connectivity index (χ3v) is 3.72. The summed E-state index contributed by atoms with van der Waals surface area (Å²) in [5.41, 5.74) is -0.387. The van der Waals surface area contributed by atoms with Crippen molar-refractivity contribution < 1.29 is 19.4 Å². The lowest BCUT2D eigenvalue weighted by molar-refractivity contribution is -0.155. The number of aliphatic hydroxyl groups is 1. The number of rotatable bonds is 3. The van der Waals surface area contributed by atoms with Crippen molar-refractivity contribution in [3.05, 3.63) is 0 Å². The number of piperidine rings is 1. The van der Waals surface area contributed by atoms with Gasteiger partial charge < -0.3 is 19.5 Å². The molecular formula is C12H21NO4. The third-order valence-electron chi connectivity index (χ3n) is 3.72. The summed E-state index contributed by atoms with van der Waals surface area (Å²) in [6.45, 7) is 4.25. The Bertz CT molecular complexity index is 276. The minimum absolute atomic E-state index is 0.0428. The number of likely N-dealkylation sites (tertiary alicyclic amines) is 1. The average Bonchev–Trinajstić information content (AvgIpc) is 2.79. The summed E-state index contributed by atoms with van der Waals surface area (Å²) in [7, 11) is 0. The van der Waals surface area contributed by atoms with Crippen LogP contribution in [0.2, 0.25) is 0 Å². The average molecular weight is 243 g/mol. The van der Waals surface area contributed by atoms with Gasteiger partial charge in [-0.25, -0.2) is 0 Å². The zero-order valence-corrected chi connectivity index (χ0v) is 10.4. The molecule has 0 aromatic heterocycles. The molecular weight excluding hydrogens is 222 g/mol. The van der Waals surface area contributed by atoms with Crippen LogP contribution in [0.4, 0.5) is 0 Å². The van der Waals surface area contributed by atoms with Crippen LogP contribution in [0.15, 0.2) is 0 Å². The van der Waals surface area contributed by atoms with E-state index in [0.717, 1.165) is 25.9 Å². The van der Waals surface area contributed by atoms with Gasteiger partial charge in [0.2, 0.25) is 5.91 Å². The summed E-state index contributed by atoms with van der Waals surface area (Å²) in [6, 6.07) is 0. The molecule has 0 aliphatic carbocycles. The number of hydrogen-bond acceptors (Lipinski definition) is 4. The number of ether oxygens (including phenoxy) is 2. The van der Waals surface area contributed by atoms with Gasteiger partial charge in [0.15, 0.2) is 0 Å². The standard InChI is InChI=1S/C12H21NO4/c1-2-16-9-11(15)13-6-5-12(10(14)8-13)4-3-7-17-12/h10,14H,2-9H2,1H3/t10-,12-/m0/s1. The molecule has 2 atom stereocenters. The number of aliphatic hydroxyl groups excluding tert-OH is 1. The Hall–Kier alpha value is -0.650. The van der Waals surface area contributed by atoms with Gasteiger partial charge in [-0.1, -0.05) is 0 Å². The van der Waals surface area contributed by atoms with Gasteiger partial charge in [-0.15, -0.1) is 0 Å². The molecule has 5 heteroatoms. The Kier molecular flexibility index (Phi) is 4.01. The molecule has 5 nitrogen and oxygen atoms in total. The van der Waals surface area contributed by atoms with E-state index in [1.165, 1.54) is 0 Å². The molecule has 2 aliphatic heterocycles. The SMILES string of the molecule is CCOCC(=O)N1CC[C@@]2(CCCO2)[C@@H](O)C1. The molecule has 1 N–H and O–H groups in total. The van der Waals surface area contributed by atoms with Gasteiger partial charge in [0.25, 0.3) is 0 Å². The molecule has 2 saturated heterocycles. The normalized spacial score (nSPS) is 33.3. The molecule has 0 aromatic rings. The second-order valence-electron chi connectivity index (χ2n) is 4.76. The van der Waals surface area contributed by atoms with Gasteiger partial charge in [-0.2, -0.15) is 0 Å². The van der Waals surface area contributed by atoms with Gasteiger partial charge in [-0.05, 0) is 26.2 Å². The number of nitrogens with zero attached hydrogens (tertiary/aromatic N) is 1. The van der Waals surface area contributed by atoms with Crippen LogP contribution in [0.25, 0.3) is 0 Å². The predicted octanol–water partition coefficient (Wildman–Crippen LogP) is 0.165. The van der Waals surface area contributed by atoms with Gasteiger partial charge >= 0.3 is 0 Å². The number of carbonyl (C=O) groups excluding carboxylic acids is 1. The Balaban J connectivity index is 1.88. The summed E-state index contributed by atoms with van der Waals surface area (Å²) >= 11 is 0. The monoisotopic (exact) mass is 243 g/mol. The number of hydrogen-bond donors (Lipinski definition) is 1. The van der Waals surface area contributed by atoms with Crippen molar-refractivity contribution in [2.45, 2.75) is 37.9 Å². The van der Waals surface area contributed by atoms with Crippen molar-refractivity contribution in [3.8, 4) is 0 Å². The van der Waals surface area contributed by atoms with Crippen molar-refractivity contribution in [1.29, 1.82) is 0 Å². The van der Waals surface area contributed by atoms with Gasteiger partial charge in [-0.3, -0.25) is 4.79 Å². The maximum absolute atomic E-state index is 11.8. The van der Waals surface area contributed by atoms with E-state index in [4.69, 9.17) is 9.47 Å². The number of β-amino-alcohol motifs (C(OH)–C–C–N with tert-alkyl or cyclic N) is 1. The number of amides is 1. The van der Waals surface area contributed by atoms with Gasteiger partial charge in [0, 0.05) is 26.3 Å². The van der Waals surface area contributed by atoms with Gasteiger partial charge in [0.1, 0.15) is 12.7 Å². The highest BCUT2D eigenvalue weighted by atomic mass is 16.5. The van der Waals surface area contributed by atoms with Crippen molar-refractivity contribution in [2.75, 3.05) is 32.9 Å². The first kappa shape index (κ1) is 12.8. The van der Waals surface area contributed by atoms with Crippen LogP contribution in [0.5, 0.6) is 0 Å². The molecule has 0 unspecified atom stereocenters. The van der Waals surface area contributed by atoms with Crippen molar-refractivity contribution in [3.63, 3.8) is 0 Å². The van der Waals surface area contributed by atoms with Crippen LogP contribution >= 0.6 is 0 Å². The van der Waals surface area contributed by atoms with Crippen LogP contribution in [-0.2, 0) is 14.3 Å². The Labute approximate surface area is 102 Å². The Morgan fingerprint density at radius 1 is 1.59 bits per heavy atom. The predicted molar refractivity (Wildman–Crippen MR) is 61.6 cm³/mol. The fraction of sp³-hybridized carbons (Fsp3) is 0.917. The molecule has 1 amide bonds. The highest BCUT2D eigenvalue weighted by molar-refractivity contribution is 5.77. The topological polar surface area (TPSA) is 59.0 Å². The molecule has 2 fully saturated rings. The van der Waals surface area contributed by atoms with Crippen LogP contribution in [0, 0.1) is 0 Å². The van der Waals surface area contributed by atoms with E-state index in [1.54, 1.807) is 4.90 Å². The highest BCUT2D eigenvalue weighted by Gasteiger charge is 2.46. The van der Waals surface area contributed by atoms with E-state index >= 15 is 0 Å². The molecule has 1 spiro atoms. The van der Waals surface area contributed by atoms with Crippen LogP contribution in [0.1, 0.15) is 26.2 Å². The largest absolute Gasteiger partial charge is 0.388 e. The van der Waals surface area contributed by atoms with Crippen molar-refractivity contribution in [1.82, 2.24) is 4.90 Å². The first-order valence-electron chi connectivity index (χ1n) is 6.35. The molecule has 2 heterocycles. The molecule has 98 valence electrons. The molecule has 17 heavy (non-hydrogen) atoms. The minimum Gasteiger partial charge on any atom is -0.388 e. The first-order valence-corrected chi connectivity index (χ1v) is 6.35. The fourth-order valence-corrected chi connectivity index (χ4v) is 2.64. The van der Waals surface area contributed by atoms with E-state index in [9.17, 15) is 9.90 Å². The molecule has 2 rings (SSSR count). The maximum Gasteiger partial charge on any atom is 0.248 e. The third kappa shape index (κ3) is 2.61. The van der Waals surface area contributed by atoms with Crippen molar-refractivity contribution >= 4 is 5.91 Å². The lowest BCUT2D eigenvalue weighted by Gasteiger charge is -2.42. The fourth-order valence-electron chi connectivity index (χ4n) is 2.64. The summed E-state index contributed by atoms with van der Waals surface area (Å²) in [6.07, 6.45) is 2.07. The Morgan fingerprint density at radius 2 is 2.41 bits per heavy atom. The second kappa shape index (κ2) is 5.33. The maximum atomic E-state index is 11.8. The highest BCUT2D eigenvalue weighted by Crippen LogP contribution is 2.35. The van der Waals surface area contributed by atoms with Crippen molar-refractivity contribution in [2.24, 2.45) is 0 Å². The van der Waals surface area contributed by atoms with E-state index in [-0.39, 0.29) is 18.1 Å². The van der Waals surface area contributed by atoms with Crippen LogP contribution in [0.3, 0.4) is 0 Å². The second-order valence-corrected chi connectivity index (χ2v) is 4.76. The zero-order valence-electron chi connectivity index (χ0n) is 10.4. The van der Waals surface area contributed by atoms with Crippen LogP contribution < -0.4 is 0 Å². The Morgan fingerprint density at radius 3 is 3.00 bits per heavy atom. The summed E-state index contributed by atoms with van der Waals surface area (Å²) < 4.78 is 10.8. The number of carbonyl (C=O) groups is 1. The quantitative estimate of drug-likeness (QED) is 0.767. The molecule has 0 radical (unpaired) electrons. The first-order chi connectivity index (χ1) is 8.18. The van der Waals surface area contributed by atoms with E-state index in [0.29, 0.717) is 19.7 Å². The lowest BCUT2D eigenvalue weighted by atomic mass is 9.86. The summed E-state index contributed by atoms with van der Waals surface area (Å²) in [5, 5.41) is 10.1. The lowest BCUT2D eigenvalue weighted by Crippen LogP contribution is -2.57. The molecule has 0 bridgehead atoms. The van der Waals surface area contributed by atoms with E-state index in [1.807, 2.05) is 6.92 Å². The smallest absolute Gasteiger partial charge is 0.248 e. The molecule has 0 aromatic carbocycles. The van der Waals surface area contributed by atoms with Crippen LogP contribution in [-0.4, -0.2) is 60.5 Å². The molecule has 0 saturated carbocycles. The zero-order chi connectivity index (χ0) is 12.3. The minimum atomic E-state index is -0.565. The summed E-state index contributed by atoms with van der Waals surface area (Å²) in [4.78, 5) is 13.4. The van der Waals surface area contributed by atoms with Gasteiger partial charge in [0.05, 0.1) is 5.60 Å². The van der Waals surface area contributed by atoms with E-state index < -0.39 is 6.10 Å². The van der Waals surface area contributed by atoms with E-state index in [2.05, 4.69) is 0 Å².